The van der Waals surface area contributed by atoms with Crippen molar-refractivity contribution in [3.63, 3.8) is 0 Å². The van der Waals surface area contributed by atoms with Gasteiger partial charge in [-0.05, 0) is 121 Å². The predicted molar refractivity (Wildman–Crippen MR) is 272 cm³/mol. The number of nitrogens with zero attached hydrogens (tertiary/aromatic N) is 2. The molecule has 0 saturated heterocycles. The summed E-state index contributed by atoms with van der Waals surface area (Å²) in [6.45, 7) is 0. The second-order valence-electron chi connectivity index (χ2n) is 16.5. The summed E-state index contributed by atoms with van der Waals surface area (Å²) in [5, 5.41) is 7.40. The van der Waals surface area contributed by atoms with Crippen molar-refractivity contribution in [2.45, 2.75) is 0 Å². The van der Waals surface area contributed by atoms with E-state index in [-0.39, 0.29) is 0 Å². The Morgan fingerprint density at radius 1 is 0.266 bits per heavy atom. The molecule has 0 bridgehead atoms. The number of anilines is 3. The van der Waals surface area contributed by atoms with E-state index in [0.29, 0.717) is 0 Å². The van der Waals surface area contributed by atoms with Crippen LogP contribution < -0.4 is 4.90 Å². The molecule has 0 spiro atoms. The van der Waals surface area contributed by atoms with Gasteiger partial charge in [0.15, 0.2) is 0 Å². The maximum Gasteiger partial charge on any atom is 0.0546 e. The van der Waals surface area contributed by atoms with Crippen LogP contribution in [-0.4, -0.2) is 4.57 Å². The van der Waals surface area contributed by atoms with Crippen molar-refractivity contribution in [1.29, 1.82) is 0 Å². The molecule has 11 aromatic carbocycles. The third-order valence-corrected chi connectivity index (χ3v) is 12.8. The van der Waals surface area contributed by atoms with Gasteiger partial charge in [0.25, 0.3) is 0 Å². The van der Waals surface area contributed by atoms with Crippen LogP contribution in [0.5, 0.6) is 0 Å². The highest BCUT2D eigenvalue weighted by Crippen LogP contribution is 2.43. The molecule has 0 aliphatic heterocycles. The third-order valence-electron chi connectivity index (χ3n) is 12.8. The number of benzene rings is 11. The van der Waals surface area contributed by atoms with Gasteiger partial charge in [0.05, 0.1) is 16.7 Å². The normalized spacial score (nSPS) is 11.4. The van der Waals surface area contributed by atoms with Crippen LogP contribution in [0.15, 0.2) is 255 Å². The smallest absolute Gasteiger partial charge is 0.0546 e. The van der Waals surface area contributed by atoms with E-state index in [2.05, 4.69) is 264 Å². The minimum Gasteiger partial charge on any atom is -0.310 e. The molecule has 0 unspecified atom stereocenters. The van der Waals surface area contributed by atoms with Gasteiger partial charge in [-0.3, -0.25) is 0 Å². The maximum atomic E-state index is 2.42. The highest BCUT2D eigenvalue weighted by atomic mass is 15.1. The van der Waals surface area contributed by atoms with Crippen LogP contribution in [0.4, 0.5) is 17.1 Å². The van der Waals surface area contributed by atoms with E-state index in [1.54, 1.807) is 0 Å². The number of aromatic nitrogens is 1. The van der Waals surface area contributed by atoms with E-state index in [4.69, 9.17) is 0 Å². The number of para-hydroxylation sites is 1. The van der Waals surface area contributed by atoms with Gasteiger partial charge in [-0.25, -0.2) is 0 Å². The minimum atomic E-state index is 1.10. The number of rotatable bonds is 8. The molecule has 0 saturated carbocycles. The Morgan fingerprint density at radius 2 is 0.719 bits per heavy atom. The molecule has 300 valence electrons. The Kier molecular flexibility index (Phi) is 9.20. The number of hydrogen-bond acceptors (Lipinski definition) is 1. The van der Waals surface area contributed by atoms with Crippen LogP contribution >= 0.6 is 0 Å². The third kappa shape index (κ3) is 6.61. The number of fused-ring (bicyclic) bond motifs is 6. The largest absolute Gasteiger partial charge is 0.310 e. The summed E-state index contributed by atoms with van der Waals surface area (Å²) < 4.78 is 2.40. The topological polar surface area (TPSA) is 8.17 Å². The average Bonchev–Trinajstić information content (AvgIpc) is 3.71. The molecule has 0 aliphatic carbocycles. The van der Waals surface area contributed by atoms with E-state index in [1.807, 2.05) is 0 Å². The molecule has 12 aromatic rings. The molecular formula is C62H42N2. The summed E-state index contributed by atoms with van der Waals surface area (Å²) in [5.74, 6) is 0. The molecule has 2 heteroatoms. The monoisotopic (exact) mass is 814 g/mol. The second-order valence-corrected chi connectivity index (χ2v) is 16.5. The highest BCUT2D eigenvalue weighted by molar-refractivity contribution is 6.15. The lowest BCUT2D eigenvalue weighted by Gasteiger charge is -2.28. The van der Waals surface area contributed by atoms with Crippen molar-refractivity contribution < 1.29 is 0 Å². The molecule has 0 amide bonds. The van der Waals surface area contributed by atoms with Crippen LogP contribution in [-0.2, 0) is 0 Å². The van der Waals surface area contributed by atoms with Gasteiger partial charge in [-0.1, -0.05) is 194 Å². The van der Waals surface area contributed by atoms with Crippen molar-refractivity contribution >= 4 is 60.4 Å². The number of hydrogen-bond donors (Lipinski definition) is 0. The zero-order chi connectivity index (χ0) is 42.4. The fourth-order valence-corrected chi connectivity index (χ4v) is 9.63. The van der Waals surface area contributed by atoms with Gasteiger partial charge in [-0.2, -0.15) is 0 Å². The van der Waals surface area contributed by atoms with Gasteiger partial charge in [0.1, 0.15) is 0 Å². The first-order valence-corrected chi connectivity index (χ1v) is 22.0. The van der Waals surface area contributed by atoms with Gasteiger partial charge in [0, 0.05) is 33.2 Å². The first-order chi connectivity index (χ1) is 31.7. The lowest BCUT2D eigenvalue weighted by Crippen LogP contribution is -2.10. The van der Waals surface area contributed by atoms with Crippen molar-refractivity contribution in [2.24, 2.45) is 0 Å². The van der Waals surface area contributed by atoms with Gasteiger partial charge < -0.3 is 9.47 Å². The van der Waals surface area contributed by atoms with E-state index in [0.717, 1.165) is 22.7 Å². The summed E-state index contributed by atoms with van der Waals surface area (Å²) in [6.07, 6.45) is 0. The van der Waals surface area contributed by atoms with E-state index in [9.17, 15) is 0 Å². The molecule has 0 atom stereocenters. The van der Waals surface area contributed by atoms with Crippen LogP contribution in [0.2, 0.25) is 0 Å². The summed E-state index contributed by atoms with van der Waals surface area (Å²) in [7, 11) is 0. The SMILES string of the molecule is c1ccc(-c2ccc(-c3ccc(N(c4ccc(-c5ccc6c(c5)c5ccccc5n6-c5cccc(-c6ccccc6)c5)cc4)c4cccc5ccc6ccccc6c45)cc3)cc2)cc1. The Balaban J connectivity index is 0.942. The molecule has 0 N–H and O–H groups in total. The lowest BCUT2D eigenvalue weighted by molar-refractivity contribution is 1.18. The second kappa shape index (κ2) is 15.8. The van der Waals surface area contributed by atoms with Crippen molar-refractivity contribution in [1.82, 2.24) is 4.57 Å². The average molecular weight is 815 g/mol. The van der Waals surface area contributed by atoms with Crippen molar-refractivity contribution in [2.75, 3.05) is 4.90 Å². The molecule has 1 aromatic heterocycles. The summed E-state index contributed by atoms with van der Waals surface area (Å²) in [4.78, 5) is 2.42. The molecule has 0 fully saturated rings. The first kappa shape index (κ1) is 37.3. The van der Waals surface area contributed by atoms with Gasteiger partial charge >= 0.3 is 0 Å². The molecule has 0 radical (unpaired) electrons. The minimum absolute atomic E-state index is 1.10. The molecular weight excluding hydrogens is 773 g/mol. The highest BCUT2D eigenvalue weighted by Gasteiger charge is 2.19. The quantitative estimate of drug-likeness (QED) is 0.139. The molecule has 1 heterocycles. The zero-order valence-electron chi connectivity index (χ0n) is 35.1. The zero-order valence-corrected chi connectivity index (χ0v) is 35.1. The van der Waals surface area contributed by atoms with E-state index >= 15 is 0 Å². The Morgan fingerprint density at radius 3 is 1.41 bits per heavy atom. The van der Waals surface area contributed by atoms with Crippen LogP contribution in [0.3, 0.4) is 0 Å². The Bertz CT molecular complexity index is 3620. The molecule has 0 aliphatic rings. The summed E-state index contributed by atoms with van der Waals surface area (Å²) >= 11 is 0. The van der Waals surface area contributed by atoms with Gasteiger partial charge in [-0.15, -0.1) is 0 Å². The fraction of sp³-hybridized carbons (Fsp3) is 0. The molecule has 64 heavy (non-hydrogen) atoms. The summed E-state index contributed by atoms with van der Waals surface area (Å²) in [5.41, 5.74) is 16.5. The van der Waals surface area contributed by atoms with Crippen LogP contribution in [0, 0.1) is 0 Å². The van der Waals surface area contributed by atoms with E-state index in [1.165, 1.54) is 87.9 Å². The molecule has 2 nitrogen and oxygen atoms in total. The van der Waals surface area contributed by atoms with Gasteiger partial charge in [0.2, 0.25) is 0 Å². The fourth-order valence-electron chi connectivity index (χ4n) is 9.63. The predicted octanol–water partition coefficient (Wildman–Crippen LogP) is 17.2. The van der Waals surface area contributed by atoms with E-state index < -0.39 is 0 Å². The molecule has 12 rings (SSSR count). The van der Waals surface area contributed by atoms with Crippen molar-refractivity contribution in [3.8, 4) is 50.2 Å². The lowest BCUT2D eigenvalue weighted by atomic mass is 9.98. The summed E-state index contributed by atoms with van der Waals surface area (Å²) in [6, 6.07) is 92.6. The maximum absolute atomic E-state index is 2.42. The van der Waals surface area contributed by atoms with Crippen LogP contribution in [0.1, 0.15) is 0 Å². The Labute approximate surface area is 373 Å². The first-order valence-electron chi connectivity index (χ1n) is 22.0. The Hall–Kier alpha value is -8.46. The van der Waals surface area contributed by atoms with Crippen molar-refractivity contribution in [3.05, 3.63) is 255 Å². The van der Waals surface area contributed by atoms with Crippen LogP contribution in [0.25, 0.3) is 93.5 Å². The standard InChI is InChI=1S/C62H42N2/c1-3-13-43(14-4-1)45-25-27-46(28-26-45)47-31-36-53(37-32-47)63(61-24-12-18-50-30-29-49-17-7-8-21-56(49)62(50)61)54-38-33-48(34-39-54)52-35-40-60-58(42-52)57-22-9-10-23-59(57)64(60)55-20-11-19-51(41-55)44-15-5-2-6-16-44/h1-42H.